The fraction of sp³-hybridized carbons (Fsp3) is 0.538. The van der Waals surface area contributed by atoms with Gasteiger partial charge in [-0.05, 0) is 18.6 Å². The van der Waals surface area contributed by atoms with Crippen molar-refractivity contribution in [1.82, 2.24) is 0 Å². The maximum absolute atomic E-state index is 12.4. The number of benzene rings is 1. The molecule has 2 N–H and O–H groups in total. The number of rotatable bonds is 4. The minimum absolute atomic E-state index is 0.118. The van der Waals surface area contributed by atoms with Crippen LogP contribution in [0.2, 0.25) is 0 Å². The van der Waals surface area contributed by atoms with Crippen molar-refractivity contribution in [3.05, 3.63) is 18.2 Å². The zero-order valence-corrected chi connectivity index (χ0v) is 11.8. The number of fused-ring (bicyclic) bond motifs is 1. The number of nitrogens with two attached hydrogens (primary N) is 1. The molecule has 1 aliphatic heterocycles. The van der Waals surface area contributed by atoms with E-state index in [4.69, 9.17) is 15.2 Å². The highest BCUT2D eigenvalue weighted by Crippen LogP contribution is 2.33. The molecule has 1 unspecified atom stereocenters. The first kappa shape index (κ1) is 14.1. The Balaban J connectivity index is 2.38. The summed E-state index contributed by atoms with van der Waals surface area (Å²) >= 11 is 0. The molecule has 0 saturated carbocycles. The first-order valence-corrected chi connectivity index (χ1v) is 7.97. The summed E-state index contributed by atoms with van der Waals surface area (Å²) in [4.78, 5) is 0.244. The maximum atomic E-state index is 12.4. The normalized spacial score (nSPS) is 16.7. The molecule has 0 aromatic heterocycles. The van der Waals surface area contributed by atoms with Crippen molar-refractivity contribution >= 4 is 9.84 Å². The highest BCUT2D eigenvalue weighted by Gasteiger charge is 2.26. The van der Waals surface area contributed by atoms with Crippen molar-refractivity contribution in [2.24, 2.45) is 5.73 Å². The van der Waals surface area contributed by atoms with E-state index in [0.717, 1.165) is 6.42 Å². The molecule has 0 amide bonds. The van der Waals surface area contributed by atoms with Crippen LogP contribution in [0.15, 0.2) is 23.1 Å². The van der Waals surface area contributed by atoms with Crippen LogP contribution in [-0.4, -0.2) is 33.4 Å². The van der Waals surface area contributed by atoms with Gasteiger partial charge in [0.2, 0.25) is 0 Å². The van der Waals surface area contributed by atoms with Crippen molar-refractivity contribution in [2.45, 2.75) is 29.9 Å². The minimum Gasteiger partial charge on any atom is -0.490 e. The lowest BCUT2D eigenvalue weighted by Gasteiger charge is -2.15. The number of ether oxygens (including phenoxy) is 2. The van der Waals surface area contributed by atoms with Crippen LogP contribution in [0.4, 0.5) is 0 Å². The molecule has 2 rings (SSSR count). The lowest BCUT2D eigenvalue weighted by atomic mass is 10.3. The van der Waals surface area contributed by atoms with E-state index < -0.39 is 15.1 Å². The van der Waals surface area contributed by atoms with E-state index in [1.165, 1.54) is 6.07 Å². The Labute approximate surface area is 113 Å². The van der Waals surface area contributed by atoms with E-state index in [2.05, 4.69) is 0 Å². The maximum Gasteiger partial charge on any atom is 0.182 e. The standard InChI is InChI=1S/C13H19NO4S/c1-2-10(9-14)19(15,16)11-4-5-12-13(8-11)18-7-3-6-17-12/h4-5,8,10H,2-3,6-7,9,14H2,1H3. The Kier molecular flexibility index (Phi) is 4.31. The summed E-state index contributed by atoms with van der Waals surface area (Å²) in [6.07, 6.45) is 1.28. The van der Waals surface area contributed by atoms with Gasteiger partial charge in [0.1, 0.15) is 0 Å². The van der Waals surface area contributed by atoms with Gasteiger partial charge in [0.05, 0.1) is 23.4 Å². The first-order valence-electron chi connectivity index (χ1n) is 6.43. The second kappa shape index (κ2) is 5.79. The third kappa shape index (κ3) is 2.84. The van der Waals surface area contributed by atoms with Crippen molar-refractivity contribution < 1.29 is 17.9 Å². The molecular formula is C13H19NO4S. The third-order valence-corrected chi connectivity index (χ3v) is 5.52. The Bertz CT molecular complexity index is 538. The Hall–Kier alpha value is -1.27. The van der Waals surface area contributed by atoms with Crippen LogP contribution in [0.25, 0.3) is 0 Å². The summed E-state index contributed by atoms with van der Waals surface area (Å²) in [7, 11) is -3.41. The molecule has 0 radical (unpaired) electrons. The zero-order chi connectivity index (χ0) is 13.9. The lowest BCUT2D eigenvalue weighted by molar-refractivity contribution is 0.297. The summed E-state index contributed by atoms with van der Waals surface area (Å²) in [5.41, 5.74) is 5.53. The van der Waals surface area contributed by atoms with Gasteiger partial charge < -0.3 is 15.2 Å². The van der Waals surface area contributed by atoms with Crippen LogP contribution < -0.4 is 15.2 Å². The van der Waals surface area contributed by atoms with E-state index >= 15 is 0 Å². The van der Waals surface area contributed by atoms with Gasteiger partial charge in [-0.15, -0.1) is 0 Å². The van der Waals surface area contributed by atoms with Gasteiger partial charge in [-0.25, -0.2) is 8.42 Å². The van der Waals surface area contributed by atoms with Gasteiger partial charge in [0.15, 0.2) is 21.3 Å². The van der Waals surface area contributed by atoms with Crippen LogP contribution in [0.1, 0.15) is 19.8 Å². The molecule has 1 aromatic carbocycles. The highest BCUT2D eigenvalue weighted by molar-refractivity contribution is 7.92. The summed E-state index contributed by atoms with van der Waals surface area (Å²) in [5.74, 6) is 1.09. The fourth-order valence-corrected chi connectivity index (χ4v) is 3.63. The molecule has 5 nitrogen and oxygen atoms in total. The second-order valence-electron chi connectivity index (χ2n) is 4.47. The molecule has 0 bridgehead atoms. The van der Waals surface area contributed by atoms with Gasteiger partial charge in [0, 0.05) is 19.0 Å². The highest BCUT2D eigenvalue weighted by atomic mass is 32.2. The molecule has 1 aromatic rings. The average molecular weight is 285 g/mol. The molecule has 1 atom stereocenters. The first-order chi connectivity index (χ1) is 9.09. The average Bonchev–Trinajstić information content (AvgIpc) is 2.64. The summed E-state index contributed by atoms with van der Waals surface area (Å²) < 4.78 is 35.8. The summed E-state index contributed by atoms with van der Waals surface area (Å²) in [6.45, 7) is 3.05. The molecule has 0 saturated heterocycles. The van der Waals surface area contributed by atoms with Crippen LogP contribution >= 0.6 is 0 Å². The second-order valence-corrected chi connectivity index (χ2v) is 6.70. The van der Waals surface area contributed by atoms with E-state index in [-0.39, 0.29) is 11.4 Å². The topological polar surface area (TPSA) is 78.6 Å². The smallest absolute Gasteiger partial charge is 0.182 e. The zero-order valence-electron chi connectivity index (χ0n) is 11.0. The number of sulfone groups is 1. The summed E-state index contributed by atoms with van der Waals surface area (Å²) in [5, 5.41) is -0.558. The van der Waals surface area contributed by atoms with Gasteiger partial charge in [-0.2, -0.15) is 0 Å². The van der Waals surface area contributed by atoms with Crippen LogP contribution in [0.5, 0.6) is 11.5 Å². The molecule has 6 heteroatoms. The van der Waals surface area contributed by atoms with E-state index in [1.54, 1.807) is 12.1 Å². The van der Waals surface area contributed by atoms with Gasteiger partial charge in [-0.1, -0.05) is 6.92 Å². The predicted octanol–water partition coefficient (Wildman–Crippen LogP) is 1.36. The van der Waals surface area contributed by atoms with Crippen LogP contribution in [0.3, 0.4) is 0 Å². The molecule has 0 spiro atoms. The Morgan fingerprint density at radius 3 is 2.58 bits per heavy atom. The molecule has 1 heterocycles. The minimum atomic E-state index is -3.41. The van der Waals surface area contributed by atoms with Crippen molar-refractivity contribution in [3.63, 3.8) is 0 Å². The molecule has 19 heavy (non-hydrogen) atoms. The number of hydrogen-bond donors (Lipinski definition) is 1. The van der Waals surface area contributed by atoms with Crippen molar-refractivity contribution in [1.29, 1.82) is 0 Å². The Morgan fingerprint density at radius 1 is 1.26 bits per heavy atom. The van der Waals surface area contributed by atoms with Crippen molar-refractivity contribution in [2.75, 3.05) is 19.8 Å². The molecule has 106 valence electrons. The van der Waals surface area contributed by atoms with E-state index in [1.807, 2.05) is 6.92 Å². The van der Waals surface area contributed by atoms with E-state index in [0.29, 0.717) is 31.1 Å². The van der Waals surface area contributed by atoms with E-state index in [9.17, 15) is 8.42 Å². The molecular weight excluding hydrogens is 266 g/mol. The predicted molar refractivity (Wildman–Crippen MR) is 72.4 cm³/mol. The largest absolute Gasteiger partial charge is 0.490 e. The Morgan fingerprint density at radius 2 is 1.95 bits per heavy atom. The van der Waals surface area contributed by atoms with Gasteiger partial charge >= 0.3 is 0 Å². The van der Waals surface area contributed by atoms with Gasteiger partial charge in [-0.3, -0.25) is 0 Å². The SMILES string of the molecule is CCC(CN)S(=O)(=O)c1ccc2c(c1)OCCCO2. The van der Waals surface area contributed by atoms with Crippen molar-refractivity contribution in [3.8, 4) is 11.5 Å². The molecule has 0 fully saturated rings. The lowest BCUT2D eigenvalue weighted by Crippen LogP contribution is -2.29. The van der Waals surface area contributed by atoms with Crippen LogP contribution in [0, 0.1) is 0 Å². The molecule has 1 aliphatic rings. The monoisotopic (exact) mass is 285 g/mol. The number of hydrogen-bond acceptors (Lipinski definition) is 5. The van der Waals surface area contributed by atoms with Gasteiger partial charge in [0.25, 0.3) is 0 Å². The van der Waals surface area contributed by atoms with Crippen LogP contribution in [-0.2, 0) is 9.84 Å². The summed E-state index contributed by atoms with van der Waals surface area (Å²) in [6, 6.07) is 4.74. The third-order valence-electron chi connectivity index (χ3n) is 3.20. The molecule has 0 aliphatic carbocycles. The fourth-order valence-electron chi connectivity index (χ4n) is 2.03. The quantitative estimate of drug-likeness (QED) is 0.903.